The quantitative estimate of drug-likeness (QED) is 0.350. The first kappa shape index (κ1) is 24.6. The molecule has 8 nitrogen and oxygen atoms in total. The summed E-state index contributed by atoms with van der Waals surface area (Å²) in [5.41, 5.74) is 1.67. The Hall–Kier alpha value is -3.63. The van der Waals surface area contributed by atoms with E-state index in [0.29, 0.717) is 23.4 Å². The summed E-state index contributed by atoms with van der Waals surface area (Å²) in [4.78, 5) is 24.4. The number of nitro benzene ring substituents is 1. The van der Waals surface area contributed by atoms with Crippen LogP contribution in [0.3, 0.4) is 0 Å². The normalized spacial score (nSPS) is 11.4. The Balaban J connectivity index is 2.12. The Kier molecular flexibility index (Phi) is 8.16. The molecule has 0 aliphatic rings. The number of carbonyl (C=O) groups excluding carboxylic acids is 1. The largest absolute Gasteiger partial charge is 0.496 e. The van der Waals surface area contributed by atoms with Crippen LogP contribution in [0.2, 0.25) is 0 Å². The summed E-state index contributed by atoms with van der Waals surface area (Å²) >= 11 is 0. The minimum atomic E-state index is -4.73. The molecule has 0 unspecified atom stereocenters. The molecule has 0 aliphatic carbocycles. The Morgan fingerprint density at radius 1 is 1.22 bits per heavy atom. The van der Waals surface area contributed by atoms with Crippen LogP contribution in [0, 0.1) is 10.1 Å². The number of benzene rings is 2. The SMILES string of the molecule is CCN(CC)c1ccc(C=NNC(=O)Cc2ccc(C(F)(F)F)cc2[N+](=O)[O-])c(OC)c1. The van der Waals surface area contributed by atoms with Crippen LogP contribution < -0.4 is 15.1 Å². The molecule has 0 heterocycles. The second kappa shape index (κ2) is 10.6. The number of nitrogens with one attached hydrogen (secondary N) is 1. The molecule has 32 heavy (non-hydrogen) atoms. The molecule has 1 N–H and O–H groups in total. The fourth-order valence-electron chi connectivity index (χ4n) is 3.04. The van der Waals surface area contributed by atoms with Crippen LogP contribution in [0.4, 0.5) is 24.5 Å². The first-order valence-corrected chi connectivity index (χ1v) is 9.70. The summed E-state index contributed by atoms with van der Waals surface area (Å²) in [6.07, 6.45) is -3.89. The van der Waals surface area contributed by atoms with Crippen molar-refractivity contribution in [3.63, 3.8) is 0 Å². The molecule has 2 rings (SSSR count). The summed E-state index contributed by atoms with van der Waals surface area (Å²) in [6.45, 7) is 5.70. The number of halogens is 3. The molecular weight excluding hydrogens is 429 g/mol. The first-order chi connectivity index (χ1) is 15.1. The van der Waals surface area contributed by atoms with Gasteiger partial charge in [0, 0.05) is 42.0 Å². The van der Waals surface area contributed by atoms with E-state index in [1.807, 2.05) is 26.0 Å². The molecular formula is C21H23F3N4O4. The molecule has 0 bridgehead atoms. The second-order valence-corrected chi connectivity index (χ2v) is 6.67. The molecule has 172 valence electrons. The molecule has 0 radical (unpaired) electrons. The number of hydrazone groups is 1. The van der Waals surface area contributed by atoms with E-state index in [2.05, 4.69) is 15.4 Å². The van der Waals surface area contributed by atoms with Crippen molar-refractivity contribution in [2.45, 2.75) is 26.4 Å². The fraction of sp³-hybridized carbons (Fsp3) is 0.333. The van der Waals surface area contributed by atoms with Crippen molar-refractivity contribution in [3.05, 3.63) is 63.2 Å². The number of nitro groups is 1. The minimum Gasteiger partial charge on any atom is -0.496 e. The molecule has 0 aromatic heterocycles. The number of hydrogen-bond acceptors (Lipinski definition) is 6. The van der Waals surface area contributed by atoms with Crippen molar-refractivity contribution in [1.29, 1.82) is 0 Å². The molecule has 0 aliphatic heterocycles. The predicted octanol–water partition coefficient (Wildman–Crippen LogP) is 4.16. The predicted molar refractivity (Wildman–Crippen MR) is 114 cm³/mol. The number of methoxy groups -OCH3 is 1. The van der Waals surface area contributed by atoms with E-state index in [-0.39, 0.29) is 5.56 Å². The standard InChI is InChI=1S/C21H23F3N4O4/c1-4-27(5-2)17-9-7-15(19(12-17)32-3)13-25-26-20(29)10-14-6-8-16(21(22,23)24)11-18(14)28(30)31/h6-9,11-13H,4-5,10H2,1-3H3,(H,26,29). The lowest BCUT2D eigenvalue weighted by Crippen LogP contribution is -2.22. The molecule has 0 saturated heterocycles. The zero-order chi connectivity index (χ0) is 23.9. The van der Waals surface area contributed by atoms with E-state index >= 15 is 0 Å². The van der Waals surface area contributed by atoms with Gasteiger partial charge >= 0.3 is 6.18 Å². The number of anilines is 1. The lowest BCUT2D eigenvalue weighted by molar-refractivity contribution is -0.385. The Labute approximate surface area is 182 Å². The van der Waals surface area contributed by atoms with Gasteiger partial charge in [0.25, 0.3) is 5.69 Å². The third-order valence-electron chi connectivity index (χ3n) is 4.70. The first-order valence-electron chi connectivity index (χ1n) is 9.70. The maximum absolute atomic E-state index is 12.8. The smallest absolute Gasteiger partial charge is 0.416 e. The van der Waals surface area contributed by atoms with Gasteiger partial charge in [-0.15, -0.1) is 0 Å². The van der Waals surface area contributed by atoms with Crippen molar-refractivity contribution >= 4 is 23.5 Å². The number of ether oxygens (including phenoxy) is 1. The molecule has 2 aromatic carbocycles. The molecule has 0 atom stereocenters. The van der Waals surface area contributed by atoms with E-state index in [4.69, 9.17) is 4.74 Å². The highest BCUT2D eigenvalue weighted by molar-refractivity contribution is 5.86. The third-order valence-corrected chi connectivity index (χ3v) is 4.70. The summed E-state index contributed by atoms with van der Waals surface area (Å²) in [7, 11) is 1.50. The molecule has 11 heteroatoms. The van der Waals surface area contributed by atoms with Gasteiger partial charge in [0.2, 0.25) is 5.91 Å². The van der Waals surface area contributed by atoms with Crippen molar-refractivity contribution in [2.75, 3.05) is 25.1 Å². The minimum absolute atomic E-state index is 0.156. The maximum Gasteiger partial charge on any atom is 0.416 e. The van der Waals surface area contributed by atoms with Crippen molar-refractivity contribution in [2.24, 2.45) is 5.10 Å². The van der Waals surface area contributed by atoms with Crippen LogP contribution in [-0.2, 0) is 17.4 Å². The van der Waals surface area contributed by atoms with Gasteiger partial charge in [-0.1, -0.05) is 6.07 Å². The van der Waals surface area contributed by atoms with Crippen LogP contribution >= 0.6 is 0 Å². The van der Waals surface area contributed by atoms with E-state index in [0.717, 1.165) is 24.8 Å². The van der Waals surface area contributed by atoms with Crippen molar-refractivity contribution in [3.8, 4) is 5.75 Å². The van der Waals surface area contributed by atoms with Gasteiger partial charge in [-0.25, -0.2) is 5.43 Å². The average molecular weight is 452 g/mol. The highest BCUT2D eigenvalue weighted by atomic mass is 19.4. The second-order valence-electron chi connectivity index (χ2n) is 6.67. The number of hydrogen-bond donors (Lipinski definition) is 1. The van der Waals surface area contributed by atoms with Gasteiger partial charge in [0.1, 0.15) is 5.75 Å². The molecule has 0 fully saturated rings. The number of nitrogens with zero attached hydrogens (tertiary/aromatic N) is 3. The van der Waals surface area contributed by atoms with E-state index in [9.17, 15) is 28.1 Å². The lowest BCUT2D eigenvalue weighted by Gasteiger charge is -2.21. The summed E-state index contributed by atoms with van der Waals surface area (Å²) in [5.74, 6) is -0.186. The zero-order valence-electron chi connectivity index (χ0n) is 17.8. The lowest BCUT2D eigenvalue weighted by atomic mass is 10.1. The average Bonchev–Trinajstić information content (AvgIpc) is 2.74. The Morgan fingerprint density at radius 3 is 2.47 bits per heavy atom. The fourth-order valence-corrected chi connectivity index (χ4v) is 3.04. The Bertz CT molecular complexity index is 1010. The van der Waals surface area contributed by atoms with Crippen LogP contribution in [0.25, 0.3) is 0 Å². The van der Waals surface area contributed by atoms with Crippen LogP contribution in [0.1, 0.15) is 30.5 Å². The van der Waals surface area contributed by atoms with E-state index < -0.39 is 34.7 Å². The van der Waals surface area contributed by atoms with Gasteiger partial charge < -0.3 is 9.64 Å². The van der Waals surface area contributed by atoms with Crippen molar-refractivity contribution in [1.82, 2.24) is 5.43 Å². The topological polar surface area (TPSA) is 97.1 Å². The number of alkyl halides is 3. The number of carbonyl (C=O) groups is 1. The van der Waals surface area contributed by atoms with Gasteiger partial charge in [-0.05, 0) is 32.0 Å². The highest BCUT2D eigenvalue weighted by Crippen LogP contribution is 2.33. The van der Waals surface area contributed by atoms with Gasteiger partial charge in [-0.2, -0.15) is 18.3 Å². The third kappa shape index (κ3) is 6.19. The van der Waals surface area contributed by atoms with Crippen molar-refractivity contribution < 1.29 is 27.6 Å². The molecule has 0 saturated carbocycles. The maximum atomic E-state index is 12.8. The van der Waals surface area contributed by atoms with Crippen LogP contribution in [0.15, 0.2) is 41.5 Å². The summed E-state index contributed by atoms with van der Waals surface area (Å²) < 4.78 is 43.7. The Morgan fingerprint density at radius 2 is 1.91 bits per heavy atom. The van der Waals surface area contributed by atoms with Gasteiger partial charge in [0.15, 0.2) is 0 Å². The van der Waals surface area contributed by atoms with Gasteiger partial charge in [0.05, 0.1) is 30.2 Å². The molecule has 2 aromatic rings. The monoisotopic (exact) mass is 452 g/mol. The highest BCUT2D eigenvalue weighted by Gasteiger charge is 2.33. The molecule has 0 spiro atoms. The van der Waals surface area contributed by atoms with E-state index in [1.54, 1.807) is 6.07 Å². The number of rotatable bonds is 9. The summed E-state index contributed by atoms with van der Waals surface area (Å²) in [5, 5.41) is 15.0. The van der Waals surface area contributed by atoms with Gasteiger partial charge in [-0.3, -0.25) is 14.9 Å². The summed E-state index contributed by atoms with van der Waals surface area (Å²) in [6, 6.07) is 7.50. The zero-order valence-corrected chi connectivity index (χ0v) is 17.8. The van der Waals surface area contributed by atoms with Crippen LogP contribution in [0.5, 0.6) is 5.75 Å². The number of amides is 1. The van der Waals surface area contributed by atoms with Crippen LogP contribution in [-0.4, -0.2) is 37.2 Å². The van der Waals surface area contributed by atoms with E-state index in [1.165, 1.54) is 13.3 Å². The molecule has 1 amide bonds.